The number of likely N-dealkylation sites (tertiary alicyclic amines) is 1. The first-order chi connectivity index (χ1) is 17.3. The van der Waals surface area contributed by atoms with Gasteiger partial charge in [-0.15, -0.1) is 13.2 Å². The van der Waals surface area contributed by atoms with Gasteiger partial charge in [-0.1, -0.05) is 6.07 Å². The van der Waals surface area contributed by atoms with Crippen molar-refractivity contribution in [3.63, 3.8) is 0 Å². The number of H-pyrrole nitrogens is 1. The zero-order chi connectivity index (χ0) is 24.9. The van der Waals surface area contributed by atoms with Crippen LogP contribution in [0.15, 0.2) is 48.8 Å². The minimum Gasteiger partial charge on any atom is -0.406 e. The van der Waals surface area contributed by atoms with Gasteiger partial charge in [0.25, 0.3) is 0 Å². The van der Waals surface area contributed by atoms with Crippen LogP contribution in [-0.4, -0.2) is 52.4 Å². The zero-order valence-electron chi connectivity index (χ0n) is 19.3. The highest BCUT2D eigenvalue weighted by molar-refractivity contribution is 5.90. The SMILES string of the molecule is N#Cc1cc2cc(CN3CCC4(CC3)CN(c3ncnc5ccc(OC(F)(F)F)cc35)C4)ccc2[nH]1. The van der Waals surface area contributed by atoms with Crippen molar-refractivity contribution in [1.29, 1.82) is 5.26 Å². The lowest BCUT2D eigenvalue weighted by Gasteiger charge is -2.54. The summed E-state index contributed by atoms with van der Waals surface area (Å²) >= 11 is 0. The van der Waals surface area contributed by atoms with Crippen LogP contribution in [0.1, 0.15) is 24.1 Å². The predicted molar refractivity (Wildman–Crippen MR) is 128 cm³/mol. The van der Waals surface area contributed by atoms with Gasteiger partial charge in [-0.25, -0.2) is 9.97 Å². The maximum absolute atomic E-state index is 12.7. The molecule has 0 radical (unpaired) electrons. The lowest BCUT2D eigenvalue weighted by Crippen LogP contribution is -2.60. The number of fused-ring (bicyclic) bond motifs is 2. The number of alkyl halides is 3. The molecule has 2 aromatic carbocycles. The number of nitrogens with one attached hydrogen (secondary N) is 1. The number of piperidine rings is 1. The summed E-state index contributed by atoms with van der Waals surface area (Å²) in [5.41, 5.74) is 3.54. The van der Waals surface area contributed by atoms with E-state index in [1.165, 1.54) is 30.1 Å². The van der Waals surface area contributed by atoms with E-state index in [0.29, 0.717) is 22.4 Å². The molecular weight excluding hydrogens is 469 g/mol. The molecule has 4 heterocycles. The molecule has 0 aliphatic carbocycles. The number of rotatable bonds is 4. The summed E-state index contributed by atoms with van der Waals surface area (Å²) in [6.07, 6.45) is -1.18. The Labute approximate surface area is 205 Å². The number of anilines is 1. The zero-order valence-corrected chi connectivity index (χ0v) is 19.3. The smallest absolute Gasteiger partial charge is 0.406 e. The molecule has 1 N–H and O–H groups in total. The number of hydrogen-bond acceptors (Lipinski definition) is 6. The third-order valence-corrected chi connectivity index (χ3v) is 7.30. The number of nitriles is 1. The molecule has 0 unspecified atom stereocenters. The first-order valence-electron chi connectivity index (χ1n) is 11.8. The van der Waals surface area contributed by atoms with Crippen LogP contribution >= 0.6 is 0 Å². The van der Waals surface area contributed by atoms with Gasteiger partial charge in [-0.3, -0.25) is 4.90 Å². The summed E-state index contributed by atoms with van der Waals surface area (Å²) in [5, 5.41) is 10.7. The largest absolute Gasteiger partial charge is 0.573 e. The van der Waals surface area contributed by atoms with E-state index in [2.05, 4.69) is 47.7 Å². The Morgan fingerprint density at radius 2 is 1.86 bits per heavy atom. The fourth-order valence-corrected chi connectivity index (χ4v) is 5.49. The highest BCUT2D eigenvalue weighted by Gasteiger charge is 2.45. The van der Waals surface area contributed by atoms with Gasteiger partial charge in [-0.2, -0.15) is 5.26 Å². The van der Waals surface area contributed by atoms with Crippen LogP contribution in [0.4, 0.5) is 19.0 Å². The number of aromatic amines is 1. The van der Waals surface area contributed by atoms with Crippen molar-refractivity contribution in [2.24, 2.45) is 5.41 Å². The average molecular weight is 493 g/mol. The molecule has 1 spiro atoms. The molecule has 0 bridgehead atoms. The second kappa shape index (κ2) is 8.38. The van der Waals surface area contributed by atoms with Crippen molar-refractivity contribution >= 4 is 27.6 Å². The summed E-state index contributed by atoms with van der Waals surface area (Å²) in [6, 6.07) is 14.5. The highest BCUT2D eigenvalue weighted by Crippen LogP contribution is 2.44. The first-order valence-corrected chi connectivity index (χ1v) is 11.8. The summed E-state index contributed by atoms with van der Waals surface area (Å²) < 4.78 is 42.2. The van der Waals surface area contributed by atoms with E-state index in [-0.39, 0.29) is 11.2 Å². The van der Waals surface area contributed by atoms with Crippen molar-refractivity contribution < 1.29 is 17.9 Å². The molecule has 4 aromatic rings. The van der Waals surface area contributed by atoms with Gasteiger partial charge >= 0.3 is 6.36 Å². The number of nitrogens with zero attached hydrogens (tertiary/aromatic N) is 5. The second-order valence-electron chi connectivity index (χ2n) is 9.77. The molecule has 2 fully saturated rings. The molecule has 2 aliphatic rings. The molecule has 0 amide bonds. The summed E-state index contributed by atoms with van der Waals surface area (Å²) in [5.74, 6) is 0.383. The molecular formula is C26H23F3N6O. The molecule has 6 rings (SSSR count). The van der Waals surface area contributed by atoms with Crippen molar-refractivity contribution in [3.05, 3.63) is 60.0 Å². The molecule has 7 nitrogen and oxygen atoms in total. The van der Waals surface area contributed by atoms with E-state index in [0.717, 1.165) is 56.5 Å². The molecule has 2 saturated heterocycles. The number of hydrogen-bond donors (Lipinski definition) is 1. The highest BCUT2D eigenvalue weighted by atomic mass is 19.4. The van der Waals surface area contributed by atoms with E-state index < -0.39 is 6.36 Å². The molecule has 0 saturated carbocycles. The van der Waals surface area contributed by atoms with Gasteiger partial charge < -0.3 is 14.6 Å². The van der Waals surface area contributed by atoms with Gasteiger partial charge in [0.05, 0.1) is 5.52 Å². The molecule has 36 heavy (non-hydrogen) atoms. The van der Waals surface area contributed by atoms with E-state index in [4.69, 9.17) is 5.26 Å². The maximum Gasteiger partial charge on any atom is 0.573 e. The number of ether oxygens (including phenoxy) is 1. The minimum atomic E-state index is -4.74. The monoisotopic (exact) mass is 492 g/mol. The van der Waals surface area contributed by atoms with Crippen molar-refractivity contribution in [3.8, 4) is 11.8 Å². The lowest BCUT2D eigenvalue weighted by molar-refractivity contribution is -0.274. The third kappa shape index (κ3) is 4.31. The summed E-state index contributed by atoms with van der Waals surface area (Å²) in [7, 11) is 0. The van der Waals surface area contributed by atoms with Gasteiger partial charge in [0, 0.05) is 41.3 Å². The van der Waals surface area contributed by atoms with E-state index in [9.17, 15) is 13.2 Å². The van der Waals surface area contributed by atoms with Gasteiger partial charge in [0.2, 0.25) is 0 Å². The Balaban J connectivity index is 1.10. The Hall–Kier alpha value is -3.84. The van der Waals surface area contributed by atoms with Crippen LogP contribution in [0, 0.1) is 16.7 Å². The summed E-state index contributed by atoms with van der Waals surface area (Å²) in [4.78, 5) is 16.3. The van der Waals surface area contributed by atoms with E-state index >= 15 is 0 Å². The van der Waals surface area contributed by atoms with Crippen molar-refractivity contribution in [2.75, 3.05) is 31.1 Å². The molecule has 184 valence electrons. The Bertz CT molecular complexity index is 1470. The number of halogens is 3. The minimum absolute atomic E-state index is 0.195. The average Bonchev–Trinajstić information content (AvgIpc) is 3.25. The van der Waals surface area contributed by atoms with Gasteiger partial charge in [0.1, 0.15) is 29.7 Å². The van der Waals surface area contributed by atoms with Crippen molar-refractivity contribution in [2.45, 2.75) is 25.7 Å². The van der Waals surface area contributed by atoms with Crippen LogP contribution in [0.3, 0.4) is 0 Å². The number of aromatic nitrogens is 3. The van der Waals surface area contributed by atoms with Crippen LogP contribution in [0.25, 0.3) is 21.8 Å². The first kappa shape index (κ1) is 22.6. The Morgan fingerprint density at radius 1 is 1.06 bits per heavy atom. The molecule has 0 atom stereocenters. The molecule has 2 aromatic heterocycles. The van der Waals surface area contributed by atoms with Crippen LogP contribution in [0.2, 0.25) is 0 Å². The molecule has 10 heteroatoms. The number of benzene rings is 2. The lowest BCUT2D eigenvalue weighted by atomic mass is 9.72. The Kier molecular flexibility index (Phi) is 5.26. The van der Waals surface area contributed by atoms with Gasteiger partial charge in [-0.05, 0) is 67.9 Å². The second-order valence-corrected chi connectivity index (χ2v) is 9.77. The van der Waals surface area contributed by atoms with Crippen LogP contribution < -0.4 is 9.64 Å². The standard InChI is InChI=1S/C26H23F3N6O/c27-26(28,29)36-20-2-4-23-21(11-20)24(32-16-31-23)35-14-25(15-35)5-7-34(8-6-25)13-17-1-3-22-18(9-17)10-19(12-30)33-22/h1-4,9-11,16,33H,5-8,13-15H2. The van der Waals surface area contributed by atoms with Crippen LogP contribution in [-0.2, 0) is 6.54 Å². The fraction of sp³-hybridized carbons (Fsp3) is 0.346. The third-order valence-electron chi connectivity index (χ3n) is 7.30. The summed E-state index contributed by atoms with van der Waals surface area (Å²) in [6.45, 7) is 4.47. The maximum atomic E-state index is 12.7. The van der Waals surface area contributed by atoms with Crippen molar-refractivity contribution in [1.82, 2.24) is 19.9 Å². The predicted octanol–water partition coefficient (Wildman–Crippen LogP) is 4.98. The Morgan fingerprint density at radius 3 is 2.61 bits per heavy atom. The topological polar surface area (TPSA) is 81.1 Å². The molecule has 2 aliphatic heterocycles. The van der Waals surface area contributed by atoms with E-state index in [1.807, 2.05) is 12.1 Å². The van der Waals surface area contributed by atoms with Gasteiger partial charge in [0.15, 0.2) is 0 Å². The van der Waals surface area contributed by atoms with E-state index in [1.54, 1.807) is 0 Å². The van der Waals surface area contributed by atoms with Crippen LogP contribution in [0.5, 0.6) is 5.75 Å². The quantitative estimate of drug-likeness (QED) is 0.433. The fourth-order valence-electron chi connectivity index (χ4n) is 5.49. The normalized spacial score (nSPS) is 17.9.